The van der Waals surface area contributed by atoms with Crippen LogP contribution in [0.1, 0.15) is 79.8 Å². The van der Waals surface area contributed by atoms with Crippen LogP contribution in [0.5, 0.6) is 5.75 Å². The summed E-state index contributed by atoms with van der Waals surface area (Å²) in [6.07, 6.45) is 5.41. The molecule has 212 valence electrons. The number of carboxylic acids is 1. The molecule has 2 N–H and O–H groups in total. The van der Waals surface area contributed by atoms with Crippen LogP contribution in [0, 0.1) is 5.92 Å². The maximum absolute atomic E-state index is 13.6. The van der Waals surface area contributed by atoms with Crippen molar-refractivity contribution < 1.29 is 19.4 Å². The predicted molar refractivity (Wildman–Crippen MR) is 162 cm³/mol. The predicted octanol–water partition coefficient (Wildman–Crippen LogP) is 7.50. The Balaban J connectivity index is 1.63. The van der Waals surface area contributed by atoms with Gasteiger partial charge in [0.15, 0.2) is 6.04 Å². The van der Waals surface area contributed by atoms with Crippen molar-refractivity contribution in [1.29, 1.82) is 0 Å². The van der Waals surface area contributed by atoms with E-state index in [1.165, 1.54) is 18.4 Å². The van der Waals surface area contributed by atoms with Gasteiger partial charge in [-0.25, -0.2) is 9.78 Å². The molecule has 1 amide bonds. The maximum atomic E-state index is 13.6. The van der Waals surface area contributed by atoms with Gasteiger partial charge in [0.1, 0.15) is 11.4 Å². The second-order valence-electron chi connectivity index (χ2n) is 12.0. The normalized spacial score (nSPS) is 14.6. The zero-order valence-corrected chi connectivity index (χ0v) is 24.2. The van der Waals surface area contributed by atoms with E-state index in [-0.39, 0.29) is 11.1 Å². The summed E-state index contributed by atoms with van der Waals surface area (Å²) in [5.74, 6) is -0.521. The number of benzene rings is 3. The van der Waals surface area contributed by atoms with Gasteiger partial charge in [-0.2, -0.15) is 0 Å². The van der Waals surface area contributed by atoms with Crippen LogP contribution in [0.4, 0.5) is 0 Å². The van der Waals surface area contributed by atoms with Crippen LogP contribution in [-0.2, 0) is 16.6 Å². The van der Waals surface area contributed by atoms with Crippen LogP contribution in [0.15, 0.2) is 72.8 Å². The van der Waals surface area contributed by atoms with E-state index < -0.39 is 17.9 Å². The monoisotopic (exact) mass is 550 g/mol. The average molecular weight is 551 g/mol. The molecule has 0 aliphatic heterocycles. The molecule has 1 aliphatic rings. The second kappa shape index (κ2) is 11.7. The average Bonchev–Trinajstić information content (AvgIpc) is 3.48. The lowest BCUT2D eigenvalue weighted by molar-refractivity contribution is -0.139. The molecule has 0 radical (unpaired) electrons. The highest BCUT2D eigenvalue weighted by molar-refractivity contribution is 6.05. The number of carbonyl (C=O) groups excluding carboxylic acids is 1. The Bertz CT molecular complexity index is 1550. The number of aliphatic carboxylic acids is 1. The van der Waals surface area contributed by atoms with Crippen molar-refractivity contribution >= 4 is 22.6 Å². The van der Waals surface area contributed by atoms with E-state index in [9.17, 15) is 14.7 Å². The fourth-order valence-electron chi connectivity index (χ4n) is 5.88. The summed E-state index contributed by atoms with van der Waals surface area (Å²) < 4.78 is 5.78. The standard InChI is InChI=1S/C35H38N2O4/c1-35(2,3)25-16-14-23(15-17-25)26-18-19-30(41-4)27-21-29(36-28(31(26)27)20-22-10-8-9-11-22)33(38)37-32(34(39)40)24-12-6-5-7-13-24/h5-7,12-19,21-22,32H,8-11,20H2,1-4H3,(H,37,38)(H,39,40). The summed E-state index contributed by atoms with van der Waals surface area (Å²) in [5, 5.41) is 14.4. The van der Waals surface area contributed by atoms with Crippen LogP contribution < -0.4 is 10.1 Å². The highest BCUT2D eigenvalue weighted by atomic mass is 16.5. The Morgan fingerprint density at radius 1 is 1.00 bits per heavy atom. The Morgan fingerprint density at radius 3 is 2.29 bits per heavy atom. The molecule has 0 bridgehead atoms. The van der Waals surface area contributed by atoms with Gasteiger partial charge in [-0.3, -0.25) is 4.79 Å². The Kier molecular flexibility index (Phi) is 8.11. The number of hydrogen-bond donors (Lipinski definition) is 2. The van der Waals surface area contributed by atoms with Crippen LogP contribution in [-0.4, -0.2) is 29.1 Å². The topological polar surface area (TPSA) is 88.5 Å². The minimum Gasteiger partial charge on any atom is -0.496 e. The summed E-state index contributed by atoms with van der Waals surface area (Å²) in [4.78, 5) is 30.6. The van der Waals surface area contributed by atoms with Crippen molar-refractivity contribution in [2.75, 3.05) is 7.11 Å². The van der Waals surface area contributed by atoms with Gasteiger partial charge in [0.05, 0.1) is 12.8 Å². The number of aromatic nitrogens is 1. The number of carbonyl (C=O) groups is 2. The van der Waals surface area contributed by atoms with E-state index in [1.807, 2.05) is 12.1 Å². The van der Waals surface area contributed by atoms with E-state index in [2.05, 4.69) is 56.4 Å². The first-order valence-electron chi connectivity index (χ1n) is 14.4. The lowest BCUT2D eigenvalue weighted by atomic mass is 9.85. The molecule has 4 aromatic rings. The van der Waals surface area contributed by atoms with Crippen LogP contribution in [0.25, 0.3) is 21.9 Å². The first kappa shape index (κ1) is 28.3. The van der Waals surface area contributed by atoms with Crippen molar-refractivity contribution in [3.05, 3.63) is 95.3 Å². The quantitative estimate of drug-likeness (QED) is 0.237. The number of ether oxygens (including phenoxy) is 1. The van der Waals surface area contributed by atoms with E-state index in [0.29, 0.717) is 17.2 Å². The van der Waals surface area contributed by atoms with Gasteiger partial charge in [-0.05, 0) is 58.2 Å². The summed E-state index contributed by atoms with van der Waals surface area (Å²) >= 11 is 0. The van der Waals surface area contributed by atoms with E-state index in [4.69, 9.17) is 9.72 Å². The molecule has 1 aromatic heterocycles. The molecule has 1 atom stereocenters. The van der Waals surface area contributed by atoms with Gasteiger partial charge in [0, 0.05) is 10.8 Å². The number of nitrogens with one attached hydrogen (secondary N) is 1. The zero-order chi connectivity index (χ0) is 29.1. The van der Waals surface area contributed by atoms with Gasteiger partial charge in [0.25, 0.3) is 5.91 Å². The molecule has 41 heavy (non-hydrogen) atoms. The minimum absolute atomic E-state index is 0.0471. The number of pyridine rings is 1. The molecule has 0 spiro atoms. The minimum atomic E-state index is -1.19. The number of hydrogen-bond acceptors (Lipinski definition) is 4. The van der Waals surface area contributed by atoms with Crippen LogP contribution in [0.2, 0.25) is 0 Å². The number of nitrogens with zero attached hydrogens (tertiary/aromatic N) is 1. The van der Waals surface area contributed by atoms with Gasteiger partial charge in [-0.15, -0.1) is 0 Å². The fraction of sp³-hybridized carbons (Fsp3) is 0.343. The Hall–Kier alpha value is -4.19. The molecule has 6 nitrogen and oxygen atoms in total. The molecule has 6 heteroatoms. The SMILES string of the molecule is COc1ccc(-c2ccc(C(C)(C)C)cc2)c2c(CC3CCCC3)nc(C(=O)NC(C(=O)O)c3ccccc3)cc12. The van der Waals surface area contributed by atoms with E-state index >= 15 is 0 Å². The number of amides is 1. The van der Waals surface area contributed by atoms with E-state index in [1.54, 1.807) is 37.4 Å². The highest BCUT2D eigenvalue weighted by Gasteiger charge is 2.26. The van der Waals surface area contributed by atoms with Gasteiger partial charge in [-0.1, -0.05) is 101 Å². The van der Waals surface area contributed by atoms with Crippen molar-refractivity contribution in [3.8, 4) is 16.9 Å². The molecule has 1 saturated carbocycles. The van der Waals surface area contributed by atoms with Crippen molar-refractivity contribution in [2.45, 2.75) is 64.3 Å². The smallest absolute Gasteiger partial charge is 0.330 e. The first-order chi connectivity index (χ1) is 19.7. The summed E-state index contributed by atoms with van der Waals surface area (Å²) in [5.41, 5.74) is 4.96. The first-order valence-corrected chi connectivity index (χ1v) is 14.4. The summed E-state index contributed by atoms with van der Waals surface area (Å²) in [6, 6.07) is 21.9. The fourth-order valence-corrected chi connectivity index (χ4v) is 5.88. The molecule has 5 rings (SSSR count). The molecule has 1 aliphatic carbocycles. The van der Waals surface area contributed by atoms with Gasteiger partial charge < -0.3 is 15.2 Å². The van der Waals surface area contributed by atoms with E-state index in [0.717, 1.165) is 46.9 Å². The summed E-state index contributed by atoms with van der Waals surface area (Å²) in [7, 11) is 1.62. The summed E-state index contributed by atoms with van der Waals surface area (Å²) in [6.45, 7) is 6.61. The second-order valence-corrected chi connectivity index (χ2v) is 12.0. The third kappa shape index (κ3) is 6.12. The molecule has 1 unspecified atom stereocenters. The Morgan fingerprint density at radius 2 is 1.68 bits per heavy atom. The molecule has 1 fully saturated rings. The number of rotatable bonds is 8. The molecule has 0 saturated heterocycles. The van der Waals surface area contributed by atoms with Gasteiger partial charge >= 0.3 is 5.97 Å². The largest absolute Gasteiger partial charge is 0.496 e. The molecular formula is C35H38N2O4. The molecule has 3 aromatic carbocycles. The maximum Gasteiger partial charge on any atom is 0.330 e. The third-order valence-electron chi connectivity index (χ3n) is 8.16. The lowest BCUT2D eigenvalue weighted by Crippen LogP contribution is -2.34. The number of fused-ring (bicyclic) bond motifs is 1. The van der Waals surface area contributed by atoms with Crippen molar-refractivity contribution in [1.82, 2.24) is 10.3 Å². The molecular weight excluding hydrogens is 512 g/mol. The van der Waals surface area contributed by atoms with Crippen LogP contribution >= 0.6 is 0 Å². The third-order valence-corrected chi connectivity index (χ3v) is 8.16. The zero-order valence-electron chi connectivity index (χ0n) is 24.2. The van der Waals surface area contributed by atoms with Gasteiger partial charge in [0.2, 0.25) is 0 Å². The Labute approximate surface area is 241 Å². The number of carboxylic acid groups (broad SMARTS) is 1. The van der Waals surface area contributed by atoms with Crippen LogP contribution in [0.3, 0.4) is 0 Å². The van der Waals surface area contributed by atoms with Crippen molar-refractivity contribution in [3.63, 3.8) is 0 Å². The van der Waals surface area contributed by atoms with Crippen molar-refractivity contribution in [2.24, 2.45) is 5.92 Å². The lowest BCUT2D eigenvalue weighted by Gasteiger charge is -2.21. The highest BCUT2D eigenvalue weighted by Crippen LogP contribution is 2.39. The number of methoxy groups -OCH3 is 1. The molecule has 1 heterocycles.